The Morgan fingerprint density at radius 3 is 2.91 bits per heavy atom. The van der Waals surface area contributed by atoms with Gasteiger partial charge in [0.15, 0.2) is 22.7 Å². The topological polar surface area (TPSA) is 98.8 Å². The van der Waals surface area contributed by atoms with Crippen molar-refractivity contribution >= 4 is 40.0 Å². The normalized spacial score (nSPS) is 14.9. The molecule has 2 amide bonds. The number of rotatable bonds is 7. The van der Waals surface area contributed by atoms with Crippen molar-refractivity contribution in [3.8, 4) is 28.5 Å². The second-order valence-electron chi connectivity index (χ2n) is 7.16. The van der Waals surface area contributed by atoms with Crippen molar-refractivity contribution in [3.05, 3.63) is 53.4 Å². The van der Waals surface area contributed by atoms with Crippen LogP contribution in [0.1, 0.15) is 19.4 Å². The molecule has 3 aromatic rings. The molecule has 9 heteroatoms. The lowest BCUT2D eigenvalue weighted by atomic mass is 10.1. The van der Waals surface area contributed by atoms with Gasteiger partial charge in [-0.3, -0.25) is 14.9 Å². The van der Waals surface area contributed by atoms with E-state index in [0.29, 0.717) is 40.4 Å². The molecule has 2 aromatic carbocycles. The maximum Gasteiger partial charge on any atom is 0.265 e. The van der Waals surface area contributed by atoms with Crippen LogP contribution in [0.5, 0.6) is 17.2 Å². The van der Waals surface area contributed by atoms with Gasteiger partial charge in [-0.1, -0.05) is 6.07 Å². The van der Waals surface area contributed by atoms with Crippen molar-refractivity contribution in [2.24, 2.45) is 0 Å². The quantitative estimate of drug-likeness (QED) is 0.495. The molecule has 1 aliphatic heterocycles. The van der Waals surface area contributed by atoms with E-state index in [2.05, 4.69) is 15.6 Å². The minimum atomic E-state index is -0.527. The van der Waals surface area contributed by atoms with E-state index in [1.54, 1.807) is 44.4 Å². The van der Waals surface area contributed by atoms with Crippen LogP contribution in [0.3, 0.4) is 0 Å². The summed E-state index contributed by atoms with van der Waals surface area (Å²) in [4.78, 5) is 28.7. The number of amides is 2. The molecule has 1 atom stereocenters. The summed E-state index contributed by atoms with van der Waals surface area (Å²) >= 11 is 1.31. The number of aromatic nitrogens is 1. The zero-order valence-electron chi connectivity index (χ0n) is 18.4. The van der Waals surface area contributed by atoms with Crippen LogP contribution in [0.4, 0.5) is 10.8 Å². The number of anilines is 2. The molecule has 170 valence electrons. The Morgan fingerprint density at radius 2 is 2.12 bits per heavy atom. The van der Waals surface area contributed by atoms with E-state index < -0.39 is 6.10 Å². The number of hydrogen-bond donors (Lipinski definition) is 2. The number of thiazole rings is 1. The summed E-state index contributed by atoms with van der Waals surface area (Å²) in [6.07, 6.45) is 2.60. The largest absolute Gasteiger partial charge is 0.493 e. The average Bonchev–Trinajstić information content (AvgIpc) is 3.27. The minimum absolute atomic E-state index is 0.192. The summed E-state index contributed by atoms with van der Waals surface area (Å²) in [7, 11) is 1.57. The molecule has 0 saturated heterocycles. The number of ether oxygens (including phenoxy) is 3. The number of fused-ring (bicyclic) bond motifs is 1. The molecule has 0 saturated carbocycles. The van der Waals surface area contributed by atoms with Crippen LogP contribution in [-0.2, 0) is 9.59 Å². The molecular weight excluding hydrogens is 442 g/mol. The Morgan fingerprint density at radius 1 is 1.27 bits per heavy atom. The van der Waals surface area contributed by atoms with Crippen LogP contribution >= 0.6 is 11.3 Å². The van der Waals surface area contributed by atoms with Gasteiger partial charge in [0.05, 0.1) is 25.1 Å². The van der Waals surface area contributed by atoms with E-state index >= 15 is 0 Å². The molecule has 1 aliphatic rings. The van der Waals surface area contributed by atoms with Crippen LogP contribution in [0.25, 0.3) is 17.3 Å². The second kappa shape index (κ2) is 9.74. The Balaban J connectivity index is 1.42. The van der Waals surface area contributed by atoms with Crippen molar-refractivity contribution in [2.75, 3.05) is 24.4 Å². The molecule has 4 rings (SSSR count). The van der Waals surface area contributed by atoms with Crippen molar-refractivity contribution in [1.29, 1.82) is 0 Å². The van der Waals surface area contributed by atoms with E-state index in [1.165, 1.54) is 17.4 Å². The predicted molar refractivity (Wildman–Crippen MR) is 128 cm³/mol. The van der Waals surface area contributed by atoms with Crippen molar-refractivity contribution in [1.82, 2.24) is 4.98 Å². The van der Waals surface area contributed by atoms with Gasteiger partial charge < -0.3 is 19.5 Å². The van der Waals surface area contributed by atoms with Crippen LogP contribution in [0.2, 0.25) is 0 Å². The lowest BCUT2D eigenvalue weighted by Crippen LogP contribution is -2.34. The number of benzene rings is 2. The first-order valence-corrected chi connectivity index (χ1v) is 11.2. The van der Waals surface area contributed by atoms with Gasteiger partial charge in [-0.05, 0) is 55.8 Å². The van der Waals surface area contributed by atoms with Crippen molar-refractivity contribution in [2.45, 2.75) is 20.0 Å². The fourth-order valence-corrected chi connectivity index (χ4v) is 3.94. The fraction of sp³-hybridized carbons (Fsp3) is 0.208. The first kappa shape index (κ1) is 22.3. The standard InChI is InChI=1S/C24H23N3O5S/c1-4-31-20-8-5-15(11-21(20)30-3)6-10-22(28)27-24-26-18(13-33-24)16-7-9-19-17(12-16)25-23(29)14(2)32-19/h5-14H,4H2,1-3H3,(H,25,29)(H,26,27,28)/b10-6+/t14-/m0/s1. The van der Waals surface area contributed by atoms with Gasteiger partial charge in [0.25, 0.3) is 5.91 Å². The Kier molecular flexibility index (Phi) is 6.60. The van der Waals surface area contributed by atoms with E-state index in [0.717, 1.165) is 11.1 Å². The third-order valence-electron chi connectivity index (χ3n) is 4.86. The Bertz CT molecular complexity index is 1220. The smallest absolute Gasteiger partial charge is 0.265 e. The summed E-state index contributed by atoms with van der Waals surface area (Å²) in [5, 5.41) is 7.90. The van der Waals surface area contributed by atoms with Gasteiger partial charge in [0.1, 0.15) is 5.75 Å². The second-order valence-corrected chi connectivity index (χ2v) is 8.02. The molecule has 0 fully saturated rings. The number of methoxy groups -OCH3 is 1. The molecular formula is C24H23N3O5S. The van der Waals surface area contributed by atoms with E-state index in [-0.39, 0.29) is 11.8 Å². The molecule has 33 heavy (non-hydrogen) atoms. The summed E-state index contributed by atoms with van der Waals surface area (Å²) < 4.78 is 16.4. The molecule has 0 aliphatic carbocycles. The lowest BCUT2D eigenvalue weighted by molar-refractivity contribution is -0.122. The van der Waals surface area contributed by atoms with Gasteiger partial charge in [0, 0.05) is 17.0 Å². The van der Waals surface area contributed by atoms with Gasteiger partial charge in [-0.15, -0.1) is 11.3 Å². The van der Waals surface area contributed by atoms with Crippen molar-refractivity contribution in [3.63, 3.8) is 0 Å². The van der Waals surface area contributed by atoms with Gasteiger partial charge in [-0.2, -0.15) is 0 Å². The van der Waals surface area contributed by atoms with E-state index in [4.69, 9.17) is 14.2 Å². The van der Waals surface area contributed by atoms with E-state index in [1.807, 2.05) is 24.4 Å². The summed E-state index contributed by atoms with van der Waals surface area (Å²) in [5.74, 6) is 1.38. The van der Waals surface area contributed by atoms with Crippen LogP contribution in [0, 0.1) is 0 Å². The highest BCUT2D eigenvalue weighted by Crippen LogP contribution is 2.35. The number of carbonyl (C=O) groups excluding carboxylic acids is 2. The predicted octanol–water partition coefficient (Wildman–Crippen LogP) is 4.59. The average molecular weight is 466 g/mol. The SMILES string of the molecule is CCOc1ccc(/C=C/C(=O)Nc2nc(-c3ccc4c(c3)NC(=O)[C@H](C)O4)cs2)cc1OC. The van der Waals surface area contributed by atoms with Crippen molar-refractivity contribution < 1.29 is 23.8 Å². The number of nitrogens with zero attached hydrogens (tertiary/aromatic N) is 1. The highest BCUT2D eigenvalue weighted by atomic mass is 32.1. The fourth-order valence-electron chi connectivity index (χ4n) is 3.21. The summed E-state index contributed by atoms with van der Waals surface area (Å²) in [6, 6.07) is 10.9. The first-order valence-electron chi connectivity index (χ1n) is 10.3. The lowest BCUT2D eigenvalue weighted by Gasteiger charge is -2.23. The third-order valence-corrected chi connectivity index (χ3v) is 5.61. The third kappa shape index (κ3) is 5.15. The molecule has 0 bridgehead atoms. The van der Waals surface area contributed by atoms with Gasteiger partial charge in [-0.25, -0.2) is 4.98 Å². The minimum Gasteiger partial charge on any atom is -0.493 e. The zero-order valence-corrected chi connectivity index (χ0v) is 19.2. The maximum atomic E-state index is 12.4. The summed E-state index contributed by atoms with van der Waals surface area (Å²) in [5.41, 5.74) is 2.90. The van der Waals surface area contributed by atoms with Gasteiger partial charge in [0.2, 0.25) is 5.91 Å². The molecule has 2 heterocycles. The number of carbonyl (C=O) groups is 2. The molecule has 0 spiro atoms. The van der Waals surface area contributed by atoms with Crippen LogP contribution < -0.4 is 24.8 Å². The first-order chi connectivity index (χ1) is 16.0. The maximum absolute atomic E-state index is 12.4. The zero-order chi connectivity index (χ0) is 23.4. The molecule has 0 radical (unpaired) electrons. The van der Waals surface area contributed by atoms with E-state index in [9.17, 15) is 9.59 Å². The Hall–Kier alpha value is -3.85. The highest BCUT2D eigenvalue weighted by Gasteiger charge is 2.23. The number of hydrogen-bond acceptors (Lipinski definition) is 7. The molecule has 8 nitrogen and oxygen atoms in total. The van der Waals surface area contributed by atoms with Crippen LogP contribution in [-0.4, -0.2) is 36.6 Å². The molecule has 2 N–H and O–H groups in total. The highest BCUT2D eigenvalue weighted by molar-refractivity contribution is 7.14. The Labute approximate surface area is 195 Å². The molecule has 1 aromatic heterocycles. The monoisotopic (exact) mass is 465 g/mol. The number of nitrogens with one attached hydrogen (secondary N) is 2. The molecule has 0 unspecified atom stereocenters. The van der Waals surface area contributed by atoms with Crippen LogP contribution in [0.15, 0.2) is 47.9 Å². The summed E-state index contributed by atoms with van der Waals surface area (Å²) in [6.45, 7) is 4.14. The van der Waals surface area contributed by atoms with Gasteiger partial charge >= 0.3 is 0 Å².